The molecule has 0 unspecified atom stereocenters. The van der Waals surface area contributed by atoms with Crippen molar-refractivity contribution in [1.29, 1.82) is 0 Å². The van der Waals surface area contributed by atoms with Crippen LogP contribution >= 0.6 is 23.2 Å². The molecule has 7 nitrogen and oxygen atoms in total. The number of furan rings is 2. The van der Waals surface area contributed by atoms with E-state index in [-0.39, 0.29) is 149 Å². The number of hydrogen-bond acceptors (Lipinski definition) is 7. The molecule has 0 saturated carbocycles. The van der Waals surface area contributed by atoms with Gasteiger partial charge >= 0.3 is 103 Å². The van der Waals surface area contributed by atoms with E-state index in [1.165, 1.54) is 42.5 Å². The molecule has 0 aliphatic heterocycles. The molecule has 2 heterocycles. The van der Waals surface area contributed by atoms with Gasteiger partial charge in [0.2, 0.25) is 0 Å². The number of phenolic OH excluding ortho intramolecular Hbond substituents is 2. The van der Waals surface area contributed by atoms with Crippen molar-refractivity contribution in [2.24, 2.45) is 0 Å². The molecule has 2 aromatic heterocycles. The van der Waals surface area contributed by atoms with E-state index in [2.05, 4.69) is 23.1 Å². The number of aromatic hydroxyl groups is 2. The van der Waals surface area contributed by atoms with Gasteiger partial charge in [-0.2, -0.15) is 0 Å². The van der Waals surface area contributed by atoms with Crippen LogP contribution in [0.15, 0.2) is 118 Å². The molecule has 0 atom stereocenters. The summed E-state index contributed by atoms with van der Waals surface area (Å²) in [4.78, 5) is 11.2. The number of carbonyl (C=O) groups is 1. The van der Waals surface area contributed by atoms with E-state index in [0.29, 0.717) is 10.6 Å². The van der Waals surface area contributed by atoms with Crippen molar-refractivity contribution in [2.75, 3.05) is 0 Å². The van der Waals surface area contributed by atoms with Crippen LogP contribution in [0, 0.1) is 11.6 Å². The van der Waals surface area contributed by atoms with E-state index in [4.69, 9.17) is 42.1 Å². The molecular formula is C37H22Cl2F2K2O7. The van der Waals surface area contributed by atoms with Gasteiger partial charge < -0.3 is 30.6 Å². The maximum atomic E-state index is 14.5. The van der Waals surface area contributed by atoms with Gasteiger partial charge in [0, 0.05) is 43.8 Å². The topological polar surface area (TPSA) is 116 Å². The summed E-state index contributed by atoms with van der Waals surface area (Å²) < 4.78 is 40.9. The summed E-state index contributed by atoms with van der Waals surface area (Å²) in [6, 6.07) is 31.1. The second-order valence-corrected chi connectivity index (χ2v) is 11.1. The summed E-state index contributed by atoms with van der Waals surface area (Å²) in [5.41, 5.74) is 3.22. The van der Waals surface area contributed by atoms with Gasteiger partial charge in [-0.05, 0) is 36.4 Å². The van der Waals surface area contributed by atoms with Crippen LogP contribution in [0.1, 0.15) is 1.43 Å². The van der Waals surface area contributed by atoms with Gasteiger partial charge in [-0.1, -0.05) is 96.0 Å². The normalized spacial score (nSPS) is 10.4. The number of halogens is 4. The van der Waals surface area contributed by atoms with Gasteiger partial charge in [0.25, 0.3) is 6.47 Å². The van der Waals surface area contributed by atoms with Crippen LogP contribution in [-0.2, 0) is 9.68 Å². The zero-order valence-electron chi connectivity index (χ0n) is 27.4. The average Bonchev–Trinajstić information content (AvgIpc) is 3.68. The molecule has 0 saturated heterocycles. The molecule has 13 heteroatoms. The average molecular weight is 766 g/mol. The minimum absolute atomic E-state index is 0. The second-order valence-electron chi connectivity index (χ2n) is 10.3. The molecule has 50 heavy (non-hydrogen) atoms. The van der Waals surface area contributed by atoms with E-state index in [1.807, 2.05) is 36.4 Å². The van der Waals surface area contributed by atoms with Crippen molar-refractivity contribution in [3.05, 3.63) is 131 Å². The van der Waals surface area contributed by atoms with Crippen LogP contribution in [0.3, 0.4) is 0 Å². The fourth-order valence-corrected chi connectivity index (χ4v) is 5.79. The molecule has 8 aromatic rings. The molecule has 0 bridgehead atoms. The third-order valence-electron chi connectivity index (χ3n) is 7.56. The van der Waals surface area contributed by atoms with E-state index in [1.54, 1.807) is 12.1 Å². The molecular weight excluding hydrogens is 743 g/mol. The standard InChI is InChI=1S/C18H11ClF2O2.C18H9ClO2.CH2O3.2K.H/c19-14-6-3-5-13(18(14)23)12-9-8-11(16(20)17(12)21)10-4-1-2-7-15(10)22;19-14-6-3-5-11-13-9-8-12-10-4-1-2-7-15(10)20-17(12)18(13)21-16(11)14;2-1-4-3;;;/h1-9,22-23H;1-9H;1,3H;;;/q;;;2*+1;-1/p-1. The summed E-state index contributed by atoms with van der Waals surface area (Å²) in [6.45, 7) is -0.181. The van der Waals surface area contributed by atoms with Crippen LogP contribution in [0.2, 0.25) is 10.0 Å². The molecule has 0 spiro atoms. The minimum atomic E-state index is -1.12. The number of carbonyl (C=O) groups excluding carboxylic acids is 1. The summed E-state index contributed by atoms with van der Waals surface area (Å²) in [5.74, 6) is -2.70. The number of hydrogen-bond donors (Lipinski definition) is 2. The number of para-hydroxylation sites is 4. The number of rotatable bonds is 3. The first kappa shape index (κ1) is 40.4. The summed E-state index contributed by atoms with van der Waals surface area (Å²) in [6.07, 6.45) is 0. The Morgan fingerprint density at radius 1 is 0.600 bits per heavy atom. The van der Waals surface area contributed by atoms with Crippen molar-refractivity contribution < 1.29 is 147 Å². The van der Waals surface area contributed by atoms with E-state index in [9.17, 15) is 19.0 Å². The van der Waals surface area contributed by atoms with Crippen molar-refractivity contribution >= 4 is 73.6 Å². The van der Waals surface area contributed by atoms with Crippen LogP contribution in [0.5, 0.6) is 11.5 Å². The van der Waals surface area contributed by atoms with Gasteiger partial charge in [-0.15, -0.1) is 0 Å². The Hall–Kier alpha value is -2.34. The summed E-state index contributed by atoms with van der Waals surface area (Å²) in [5, 5.41) is 33.0. The monoisotopic (exact) mass is 764 g/mol. The van der Waals surface area contributed by atoms with E-state index in [0.717, 1.165) is 38.3 Å². The number of phenols is 2. The molecule has 2 N–H and O–H groups in total. The first-order chi connectivity index (χ1) is 23.2. The molecule has 0 fully saturated rings. The molecule has 8 rings (SSSR count). The summed E-state index contributed by atoms with van der Waals surface area (Å²) >= 11 is 12.0. The molecule has 242 valence electrons. The van der Waals surface area contributed by atoms with Gasteiger partial charge in [0.05, 0.1) is 10.0 Å². The van der Waals surface area contributed by atoms with Crippen LogP contribution < -0.4 is 108 Å². The smallest absolute Gasteiger partial charge is 1.00 e. The fourth-order valence-electron chi connectivity index (χ4n) is 5.40. The van der Waals surface area contributed by atoms with Gasteiger partial charge in [0.1, 0.15) is 17.1 Å². The summed E-state index contributed by atoms with van der Waals surface area (Å²) in [7, 11) is 0. The van der Waals surface area contributed by atoms with Gasteiger partial charge in [0.15, 0.2) is 28.4 Å². The van der Waals surface area contributed by atoms with Crippen LogP contribution in [0.4, 0.5) is 8.78 Å². The first-order valence-corrected chi connectivity index (χ1v) is 14.9. The Morgan fingerprint density at radius 3 is 1.78 bits per heavy atom. The zero-order valence-corrected chi connectivity index (χ0v) is 34.2. The predicted octanol–water partition coefficient (Wildman–Crippen LogP) is 4.06. The maximum Gasteiger partial charge on any atom is 1.00 e. The van der Waals surface area contributed by atoms with E-state index >= 15 is 0 Å². The van der Waals surface area contributed by atoms with Gasteiger partial charge in [-0.3, -0.25) is 4.79 Å². The fraction of sp³-hybridized carbons (Fsp3) is 0. The van der Waals surface area contributed by atoms with Gasteiger partial charge in [-0.25, -0.2) is 8.78 Å². The van der Waals surface area contributed by atoms with E-state index < -0.39 is 11.6 Å². The van der Waals surface area contributed by atoms with Crippen molar-refractivity contribution in [2.45, 2.75) is 0 Å². The van der Waals surface area contributed by atoms with Crippen LogP contribution in [-0.4, -0.2) is 16.7 Å². The van der Waals surface area contributed by atoms with Crippen molar-refractivity contribution in [3.63, 3.8) is 0 Å². The molecule has 0 aliphatic rings. The Labute approximate surface area is 379 Å². The van der Waals surface area contributed by atoms with Crippen LogP contribution in [0.25, 0.3) is 66.1 Å². The second kappa shape index (κ2) is 17.9. The molecule has 0 amide bonds. The third kappa shape index (κ3) is 8.01. The third-order valence-corrected chi connectivity index (χ3v) is 8.16. The molecule has 0 radical (unpaired) electrons. The van der Waals surface area contributed by atoms with Crippen molar-refractivity contribution in [3.8, 4) is 33.8 Å². The quantitative estimate of drug-likeness (QED) is 0.121. The Kier molecular flexibility index (Phi) is 14.5. The minimum Gasteiger partial charge on any atom is -1.00 e. The Balaban J connectivity index is 0.000000237. The maximum absolute atomic E-state index is 14.5. The molecule has 6 aromatic carbocycles. The number of fused-ring (bicyclic) bond motifs is 7. The SMILES string of the molecule is Clc1cccc2c1oc1c2ccc2c3ccccc3oc21.O=CO[O-].Oc1ccccc1-c1ccc(-c2cccc(Cl)c2O)c(F)c1F.[H-].[K+].[K+]. The largest absolute Gasteiger partial charge is 1.00 e. The zero-order chi connectivity index (χ0) is 33.9. The van der Waals surface area contributed by atoms with Crippen molar-refractivity contribution in [1.82, 2.24) is 0 Å². The molecule has 0 aliphatic carbocycles. The Morgan fingerprint density at radius 2 is 1.10 bits per heavy atom. The first-order valence-electron chi connectivity index (χ1n) is 14.1. The predicted molar refractivity (Wildman–Crippen MR) is 180 cm³/mol. The Bertz CT molecular complexity index is 2470. The number of benzene rings is 6.